The summed E-state index contributed by atoms with van der Waals surface area (Å²) < 4.78 is 10.4. The van der Waals surface area contributed by atoms with Crippen molar-refractivity contribution in [3.05, 3.63) is 0 Å². The van der Waals surface area contributed by atoms with Crippen LogP contribution in [0.1, 0.15) is 20.8 Å². The van der Waals surface area contributed by atoms with E-state index in [1.54, 1.807) is 7.11 Å². The van der Waals surface area contributed by atoms with E-state index in [2.05, 4.69) is 20.8 Å². The van der Waals surface area contributed by atoms with Crippen LogP contribution in [0.3, 0.4) is 0 Å². The normalized spacial score (nSPS) is 40.0. The van der Waals surface area contributed by atoms with E-state index in [4.69, 9.17) is 9.26 Å². The maximum absolute atomic E-state index is 5.42. The molecule has 2 unspecified atom stereocenters. The molecule has 1 fully saturated rings. The first-order valence-electron chi connectivity index (χ1n) is 3.02. The van der Waals surface area contributed by atoms with Crippen molar-refractivity contribution in [2.75, 3.05) is 7.11 Å². The number of hydrogen-bond donors (Lipinski definition) is 0. The lowest BCUT2D eigenvalue weighted by Gasteiger charge is -2.04. The molecule has 1 aliphatic heterocycles. The van der Waals surface area contributed by atoms with Gasteiger partial charge in [0.15, 0.2) is 0 Å². The van der Waals surface area contributed by atoms with Gasteiger partial charge in [-0.3, -0.25) is 0 Å². The van der Waals surface area contributed by atoms with Crippen molar-refractivity contribution in [2.24, 2.45) is 0 Å². The van der Waals surface area contributed by atoms with E-state index in [1.165, 1.54) is 0 Å². The predicted molar refractivity (Wildman–Crippen MR) is 38.9 cm³/mol. The van der Waals surface area contributed by atoms with Crippen molar-refractivity contribution in [2.45, 2.75) is 31.7 Å². The molecule has 0 spiro atoms. The van der Waals surface area contributed by atoms with Gasteiger partial charge in [0.25, 0.3) is 0 Å². The van der Waals surface area contributed by atoms with E-state index < -0.39 is 0 Å². The van der Waals surface area contributed by atoms with Crippen LogP contribution in [0.15, 0.2) is 0 Å². The molecule has 0 saturated carbocycles. The van der Waals surface area contributed by atoms with Crippen LogP contribution in [-0.2, 0) is 9.26 Å². The van der Waals surface area contributed by atoms with Gasteiger partial charge in [-0.2, -0.15) is 0 Å². The van der Waals surface area contributed by atoms with E-state index in [-0.39, 0.29) is 10.9 Å². The average molecular weight is 148 g/mol. The highest BCUT2D eigenvalue weighted by Crippen LogP contribution is 2.58. The summed E-state index contributed by atoms with van der Waals surface area (Å²) in [7, 11) is 2.17. The van der Waals surface area contributed by atoms with Crippen LogP contribution in [0.4, 0.5) is 0 Å². The van der Waals surface area contributed by atoms with Gasteiger partial charge in [-0.1, -0.05) is 0 Å². The van der Waals surface area contributed by atoms with Gasteiger partial charge in [0, 0.05) is 7.11 Å². The van der Waals surface area contributed by atoms with Gasteiger partial charge >= 0.3 is 0 Å². The van der Waals surface area contributed by atoms with Crippen molar-refractivity contribution < 1.29 is 9.26 Å². The zero-order valence-corrected chi connectivity index (χ0v) is 7.32. The van der Waals surface area contributed by atoms with Gasteiger partial charge in [0.05, 0.1) is 14.4 Å². The van der Waals surface area contributed by atoms with Gasteiger partial charge in [0.2, 0.25) is 0 Å². The Bertz CT molecular complexity index is 124. The summed E-state index contributed by atoms with van der Waals surface area (Å²) >= 11 is 0. The topological polar surface area (TPSA) is 21.8 Å². The quantitative estimate of drug-likeness (QED) is 0.439. The third-order valence-corrected chi connectivity index (χ3v) is 3.16. The summed E-state index contributed by atoms with van der Waals surface area (Å²) in [6.45, 7) is 6.24. The first-order chi connectivity index (χ1) is 4.02. The Morgan fingerprint density at radius 2 is 1.78 bits per heavy atom. The van der Waals surface area contributed by atoms with E-state index in [0.717, 1.165) is 0 Å². The minimum atomic E-state index is 0.00174. The van der Waals surface area contributed by atoms with Crippen LogP contribution in [0.5, 0.6) is 0 Å². The number of epoxide rings is 1. The fraction of sp³-hybridized carbons (Fsp3) is 1.00. The molecule has 2 atom stereocenters. The maximum atomic E-state index is 5.42. The summed E-state index contributed by atoms with van der Waals surface area (Å²) in [5.41, 5.74) is 0.0431. The Kier molecular flexibility index (Phi) is 1.59. The molecule has 2 nitrogen and oxygen atoms in total. The Labute approximate surface area is 57.8 Å². The highest BCUT2D eigenvalue weighted by molar-refractivity contribution is 7.34. The summed E-state index contributed by atoms with van der Waals surface area (Å²) in [5.74, 6) is 0. The Morgan fingerprint density at radius 3 is 1.89 bits per heavy atom. The molecule has 0 N–H and O–H groups in total. The first-order valence-corrected chi connectivity index (χ1v) is 3.93. The number of ether oxygens (including phenoxy) is 1. The molecule has 1 saturated heterocycles. The van der Waals surface area contributed by atoms with E-state index in [0.29, 0.717) is 8.81 Å². The molecule has 0 radical (unpaired) electrons. The smallest absolute Gasteiger partial charge is 0.135 e. The standard InChI is InChI=1S/C6H13O2P/c1-5(2)6(3,8-5)9-7-4/h9H,1-4H3. The van der Waals surface area contributed by atoms with Crippen molar-refractivity contribution >= 4 is 8.81 Å². The molecule has 0 aromatic carbocycles. The molecular weight excluding hydrogens is 135 g/mol. The average Bonchev–Trinajstić information content (AvgIpc) is 2.07. The molecule has 0 aromatic heterocycles. The minimum absolute atomic E-state index is 0.00174. The largest absolute Gasteiger partial charge is 0.363 e. The molecule has 1 aliphatic rings. The molecule has 0 amide bonds. The lowest BCUT2D eigenvalue weighted by atomic mass is 10.1. The molecule has 54 valence electrons. The second-order valence-electron chi connectivity index (χ2n) is 2.95. The van der Waals surface area contributed by atoms with Gasteiger partial charge in [0.1, 0.15) is 5.34 Å². The van der Waals surface area contributed by atoms with E-state index in [9.17, 15) is 0 Å². The molecule has 0 bridgehead atoms. The van der Waals surface area contributed by atoms with Gasteiger partial charge in [-0.25, -0.2) is 0 Å². The SMILES string of the molecule is COPC1(C)OC1(C)C. The van der Waals surface area contributed by atoms with Crippen LogP contribution in [0.2, 0.25) is 0 Å². The molecule has 3 heteroatoms. The zero-order valence-electron chi connectivity index (χ0n) is 6.32. The Hall–Kier alpha value is 0.350. The van der Waals surface area contributed by atoms with Crippen LogP contribution in [0, 0.1) is 0 Å². The van der Waals surface area contributed by atoms with Crippen LogP contribution < -0.4 is 0 Å². The highest BCUT2D eigenvalue weighted by atomic mass is 31.1. The van der Waals surface area contributed by atoms with Crippen molar-refractivity contribution in [3.8, 4) is 0 Å². The maximum Gasteiger partial charge on any atom is 0.135 e. The van der Waals surface area contributed by atoms with E-state index in [1.807, 2.05) is 0 Å². The summed E-state index contributed by atoms with van der Waals surface area (Å²) in [6.07, 6.45) is 0. The number of hydrogen-bond acceptors (Lipinski definition) is 2. The molecular formula is C6H13O2P. The molecule has 1 heterocycles. The molecule has 9 heavy (non-hydrogen) atoms. The highest BCUT2D eigenvalue weighted by Gasteiger charge is 2.60. The summed E-state index contributed by atoms with van der Waals surface area (Å²) in [4.78, 5) is 0. The van der Waals surface area contributed by atoms with Crippen LogP contribution >= 0.6 is 8.81 Å². The third kappa shape index (κ3) is 1.12. The first kappa shape index (κ1) is 7.46. The van der Waals surface area contributed by atoms with Crippen molar-refractivity contribution in [1.82, 2.24) is 0 Å². The fourth-order valence-electron chi connectivity index (χ4n) is 0.823. The second kappa shape index (κ2) is 1.91. The number of rotatable bonds is 2. The molecule has 0 aliphatic carbocycles. The van der Waals surface area contributed by atoms with Gasteiger partial charge in [-0.05, 0) is 20.8 Å². The fourth-order valence-corrected chi connectivity index (χ4v) is 1.76. The second-order valence-corrected chi connectivity index (χ2v) is 4.52. The lowest BCUT2D eigenvalue weighted by Crippen LogP contribution is -2.09. The molecule has 0 aromatic rings. The van der Waals surface area contributed by atoms with Crippen molar-refractivity contribution in [1.29, 1.82) is 0 Å². The van der Waals surface area contributed by atoms with E-state index >= 15 is 0 Å². The molecule has 1 rings (SSSR count). The van der Waals surface area contributed by atoms with Crippen LogP contribution in [-0.4, -0.2) is 18.1 Å². The Morgan fingerprint density at radius 1 is 1.33 bits per heavy atom. The third-order valence-electron chi connectivity index (χ3n) is 1.86. The van der Waals surface area contributed by atoms with Gasteiger partial charge in [-0.15, -0.1) is 0 Å². The van der Waals surface area contributed by atoms with Gasteiger partial charge < -0.3 is 9.26 Å². The Balaban J connectivity index is 2.42. The monoisotopic (exact) mass is 148 g/mol. The predicted octanol–water partition coefficient (Wildman–Crippen LogP) is 1.75. The summed E-state index contributed by atoms with van der Waals surface area (Å²) in [6, 6.07) is 0. The zero-order chi connectivity index (χ0) is 7.12. The lowest BCUT2D eigenvalue weighted by molar-refractivity contribution is 0.313. The summed E-state index contributed by atoms with van der Waals surface area (Å²) in [5, 5.41) is 0.00174. The van der Waals surface area contributed by atoms with Crippen LogP contribution in [0.25, 0.3) is 0 Å². The van der Waals surface area contributed by atoms with Crippen molar-refractivity contribution in [3.63, 3.8) is 0 Å². The minimum Gasteiger partial charge on any atom is -0.363 e.